The van der Waals surface area contributed by atoms with E-state index >= 15 is 0 Å². The molecule has 0 atom stereocenters. The Kier molecular flexibility index (Phi) is 8.72. The van der Waals surface area contributed by atoms with E-state index in [2.05, 4.69) is 15.2 Å². The molecule has 0 saturated heterocycles. The molecule has 0 bridgehead atoms. The summed E-state index contributed by atoms with van der Waals surface area (Å²) in [5.74, 6) is 1.79. The first kappa shape index (κ1) is 23.7. The number of ether oxygens (including phenoxy) is 2. The molecule has 0 amide bonds. The van der Waals surface area contributed by atoms with Crippen LogP contribution < -0.4 is 14.8 Å². The van der Waals surface area contributed by atoms with Gasteiger partial charge in [-0.25, -0.2) is 9.38 Å². The second-order valence-corrected chi connectivity index (χ2v) is 6.74. The number of nitriles is 1. The highest BCUT2D eigenvalue weighted by Crippen LogP contribution is 2.33. The molecule has 1 heterocycles. The Morgan fingerprint density at radius 2 is 1.90 bits per heavy atom. The summed E-state index contributed by atoms with van der Waals surface area (Å²) in [6.07, 6.45) is 0.846. The Hall–Kier alpha value is -2.54. The second kappa shape index (κ2) is 11.0. The van der Waals surface area contributed by atoms with Crippen LogP contribution in [0.4, 0.5) is 4.39 Å². The van der Waals surface area contributed by atoms with Crippen LogP contribution in [0.25, 0.3) is 0 Å². The van der Waals surface area contributed by atoms with E-state index in [0.29, 0.717) is 30.0 Å². The standard InChI is InChI=1S/C22H25FN4O2.HI/c1-4-25-22(26-13-17-9-15(12-24)5-6-19(17)23)27-8-7-16-10-20(28-2)21(29-3)11-18(16)14-27;/h5-6,9-11H,4,7-8,13-14H2,1-3H3,(H,25,26);1H. The zero-order chi connectivity index (χ0) is 20.8. The molecule has 8 heteroatoms. The molecule has 3 rings (SSSR count). The Morgan fingerprint density at radius 3 is 2.53 bits per heavy atom. The van der Waals surface area contributed by atoms with Gasteiger partial charge in [0.1, 0.15) is 5.82 Å². The van der Waals surface area contributed by atoms with Crippen LogP contribution in [0.15, 0.2) is 35.3 Å². The van der Waals surface area contributed by atoms with Crippen LogP contribution in [0, 0.1) is 17.1 Å². The van der Waals surface area contributed by atoms with E-state index in [-0.39, 0.29) is 36.3 Å². The molecule has 2 aromatic rings. The number of benzene rings is 2. The van der Waals surface area contributed by atoms with Crippen molar-refractivity contribution in [2.75, 3.05) is 27.3 Å². The van der Waals surface area contributed by atoms with Crippen molar-refractivity contribution in [3.05, 3.63) is 58.4 Å². The number of fused-ring (bicyclic) bond motifs is 1. The molecule has 6 nitrogen and oxygen atoms in total. The lowest BCUT2D eigenvalue weighted by Gasteiger charge is -2.32. The maximum atomic E-state index is 14.1. The van der Waals surface area contributed by atoms with Gasteiger partial charge in [0.2, 0.25) is 0 Å². The van der Waals surface area contributed by atoms with Crippen LogP contribution in [0.1, 0.15) is 29.2 Å². The van der Waals surface area contributed by atoms with E-state index in [4.69, 9.17) is 14.7 Å². The quantitative estimate of drug-likeness (QED) is 0.366. The molecule has 0 saturated carbocycles. The number of hydrogen-bond acceptors (Lipinski definition) is 4. The van der Waals surface area contributed by atoms with Crippen LogP contribution in [-0.4, -0.2) is 38.2 Å². The lowest BCUT2D eigenvalue weighted by molar-refractivity contribution is 0.346. The van der Waals surface area contributed by atoms with Gasteiger partial charge in [0.15, 0.2) is 17.5 Å². The van der Waals surface area contributed by atoms with Gasteiger partial charge in [-0.05, 0) is 54.8 Å². The molecule has 30 heavy (non-hydrogen) atoms. The van der Waals surface area contributed by atoms with E-state index in [1.54, 1.807) is 20.3 Å². The zero-order valence-corrected chi connectivity index (χ0v) is 19.7. The van der Waals surface area contributed by atoms with Gasteiger partial charge >= 0.3 is 0 Å². The number of guanidine groups is 1. The van der Waals surface area contributed by atoms with E-state index in [9.17, 15) is 4.39 Å². The Bertz CT molecular complexity index is 959. The number of methoxy groups -OCH3 is 2. The highest BCUT2D eigenvalue weighted by Gasteiger charge is 2.21. The average Bonchev–Trinajstić information content (AvgIpc) is 2.76. The molecule has 0 fully saturated rings. The highest BCUT2D eigenvalue weighted by molar-refractivity contribution is 14.0. The van der Waals surface area contributed by atoms with Gasteiger partial charge in [-0.15, -0.1) is 24.0 Å². The molecule has 0 spiro atoms. The van der Waals surface area contributed by atoms with Gasteiger partial charge in [-0.3, -0.25) is 0 Å². The summed E-state index contributed by atoms with van der Waals surface area (Å²) in [5.41, 5.74) is 3.21. The maximum Gasteiger partial charge on any atom is 0.194 e. The summed E-state index contributed by atoms with van der Waals surface area (Å²) in [4.78, 5) is 6.76. The van der Waals surface area contributed by atoms with Crippen molar-refractivity contribution in [3.8, 4) is 17.6 Å². The van der Waals surface area contributed by atoms with Crippen molar-refractivity contribution in [1.82, 2.24) is 10.2 Å². The lowest BCUT2D eigenvalue weighted by atomic mass is 9.99. The molecule has 1 aliphatic rings. The fourth-order valence-corrected chi connectivity index (χ4v) is 3.42. The molecule has 1 N–H and O–H groups in total. The molecule has 160 valence electrons. The number of rotatable bonds is 5. The predicted molar refractivity (Wildman–Crippen MR) is 125 cm³/mol. The minimum Gasteiger partial charge on any atom is -0.493 e. The third-order valence-corrected chi connectivity index (χ3v) is 4.93. The maximum absolute atomic E-state index is 14.1. The normalized spacial score (nSPS) is 13.0. The van der Waals surface area contributed by atoms with Crippen LogP contribution in [0.2, 0.25) is 0 Å². The van der Waals surface area contributed by atoms with Crippen molar-refractivity contribution < 1.29 is 13.9 Å². The summed E-state index contributed by atoms with van der Waals surface area (Å²) in [7, 11) is 3.26. The number of aliphatic imine (C=N–C) groups is 1. The minimum absolute atomic E-state index is 0. The van der Waals surface area contributed by atoms with E-state index in [1.807, 2.05) is 25.1 Å². The second-order valence-electron chi connectivity index (χ2n) is 6.74. The third-order valence-electron chi connectivity index (χ3n) is 4.93. The number of halogens is 2. The predicted octanol–water partition coefficient (Wildman–Crippen LogP) is 3.86. The van der Waals surface area contributed by atoms with E-state index in [0.717, 1.165) is 30.2 Å². The first-order valence-electron chi connectivity index (χ1n) is 9.55. The van der Waals surface area contributed by atoms with Crippen molar-refractivity contribution in [2.45, 2.75) is 26.4 Å². The molecular weight excluding hydrogens is 498 g/mol. The number of nitrogens with one attached hydrogen (secondary N) is 1. The fraction of sp³-hybridized carbons (Fsp3) is 0.364. The smallest absolute Gasteiger partial charge is 0.194 e. The summed E-state index contributed by atoms with van der Waals surface area (Å²) in [5, 5.41) is 12.3. The van der Waals surface area contributed by atoms with Gasteiger partial charge in [0, 0.05) is 25.2 Å². The molecule has 2 aromatic carbocycles. The van der Waals surface area contributed by atoms with Crippen LogP contribution in [0.3, 0.4) is 0 Å². The molecule has 0 radical (unpaired) electrons. The molecule has 0 aliphatic carbocycles. The zero-order valence-electron chi connectivity index (χ0n) is 17.4. The summed E-state index contributed by atoms with van der Waals surface area (Å²) in [6.45, 7) is 4.32. The van der Waals surface area contributed by atoms with Crippen LogP contribution in [0.5, 0.6) is 11.5 Å². The van der Waals surface area contributed by atoms with Gasteiger partial charge in [-0.1, -0.05) is 0 Å². The van der Waals surface area contributed by atoms with Gasteiger partial charge in [0.25, 0.3) is 0 Å². The summed E-state index contributed by atoms with van der Waals surface area (Å²) < 4.78 is 24.9. The minimum atomic E-state index is -0.357. The van der Waals surface area contributed by atoms with Crippen LogP contribution >= 0.6 is 24.0 Å². The van der Waals surface area contributed by atoms with Crippen molar-refractivity contribution >= 4 is 29.9 Å². The topological polar surface area (TPSA) is 69.9 Å². The summed E-state index contributed by atoms with van der Waals surface area (Å²) >= 11 is 0. The van der Waals surface area contributed by atoms with E-state index < -0.39 is 0 Å². The molecule has 0 aromatic heterocycles. The average molecular weight is 524 g/mol. The third kappa shape index (κ3) is 5.33. The van der Waals surface area contributed by atoms with Gasteiger partial charge in [-0.2, -0.15) is 5.26 Å². The van der Waals surface area contributed by atoms with Crippen LogP contribution in [-0.2, 0) is 19.5 Å². The van der Waals surface area contributed by atoms with E-state index in [1.165, 1.54) is 17.7 Å². The first-order valence-corrected chi connectivity index (χ1v) is 9.55. The van der Waals surface area contributed by atoms with Gasteiger partial charge in [0.05, 0.1) is 32.4 Å². The number of nitrogens with zero attached hydrogens (tertiary/aromatic N) is 3. The van der Waals surface area contributed by atoms with Crippen molar-refractivity contribution in [1.29, 1.82) is 5.26 Å². The van der Waals surface area contributed by atoms with Gasteiger partial charge < -0.3 is 19.7 Å². The monoisotopic (exact) mass is 524 g/mol. The van der Waals surface area contributed by atoms with Crippen molar-refractivity contribution in [3.63, 3.8) is 0 Å². The SMILES string of the molecule is CCNC(=NCc1cc(C#N)ccc1F)N1CCc2cc(OC)c(OC)cc2C1.I. The molecular formula is C22H26FIN4O2. The lowest BCUT2D eigenvalue weighted by Crippen LogP contribution is -2.44. The Labute approximate surface area is 193 Å². The van der Waals surface area contributed by atoms with Crippen molar-refractivity contribution in [2.24, 2.45) is 4.99 Å². The Balaban J connectivity index is 0.00000320. The fourth-order valence-electron chi connectivity index (χ4n) is 3.42. The Morgan fingerprint density at radius 1 is 1.20 bits per heavy atom. The molecule has 1 aliphatic heterocycles. The first-order chi connectivity index (χ1) is 14.1. The molecule has 0 unspecified atom stereocenters. The highest BCUT2D eigenvalue weighted by atomic mass is 127. The summed E-state index contributed by atoms with van der Waals surface area (Å²) in [6, 6.07) is 10.4. The largest absolute Gasteiger partial charge is 0.493 e. The number of hydrogen-bond donors (Lipinski definition) is 1.